The second-order valence-corrected chi connectivity index (χ2v) is 5.09. The first kappa shape index (κ1) is 16.9. The highest BCUT2D eigenvalue weighted by Crippen LogP contribution is 2.25. The molecule has 0 unspecified atom stereocenters. The fourth-order valence-corrected chi connectivity index (χ4v) is 2.28. The van der Waals surface area contributed by atoms with Gasteiger partial charge in [-0.25, -0.2) is 9.69 Å². The second kappa shape index (κ2) is 6.51. The Bertz CT molecular complexity index is 943. The van der Waals surface area contributed by atoms with Crippen molar-refractivity contribution in [2.24, 2.45) is 0 Å². The molecule has 10 nitrogen and oxygen atoms in total. The van der Waals surface area contributed by atoms with Crippen molar-refractivity contribution in [1.82, 2.24) is 5.32 Å². The van der Waals surface area contributed by atoms with Crippen molar-refractivity contribution in [2.45, 2.75) is 0 Å². The molecule has 0 radical (unpaired) electrons. The fourth-order valence-electron chi connectivity index (χ4n) is 2.28. The van der Waals surface area contributed by atoms with E-state index in [9.17, 15) is 24.5 Å². The number of barbiturate groups is 1. The number of nitro groups is 1. The standard InChI is InChI=1S/C16H11N3O7/c1-25-10-4-2-9(3-5-10)18-15(21)12(14(20)17-16(18)22)8-11-6-7-13(26-11)19(23)24/h2-8H,1H3,(H,17,20,22)/b12-8+. The lowest BCUT2D eigenvalue weighted by Gasteiger charge is -2.26. The number of benzene rings is 1. The number of hydrogen-bond acceptors (Lipinski definition) is 7. The zero-order valence-electron chi connectivity index (χ0n) is 13.3. The topological polar surface area (TPSA) is 132 Å². The number of furan rings is 1. The molecule has 1 aromatic heterocycles. The lowest BCUT2D eigenvalue weighted by Crippen LogP contribution is -2.54. The first-order valence-corrected chi connectivity index (χ1v) is 7.20. The maximum atomic E-state index is 12.6. The predicted octanol–water partition coefficient (Wildman–Crippen LogP) is 1.86. The van der Waals surface area contributed by atoms with Crippen LogP contribution in [-0.2, 0) is 9.59 Å². The molecule has 26 heavy (non-hydrogen) atoms. The number of nitrogens with zero attached hydrogens (tertiary/aromatic N) is 2. The normalized spacial score (nSPS) is 16.0. The Labute approximate surface area is 145 Å². The van der Waals surface area contributed by atoms with Crippen LogP contribution in [-0.4, -0.2) is 29.9 Å². The average Bonchev–Trinajstić information content (AvgIpc) is 3.08. The average molecular weight is 357 g/mol. The Kier molecular flexibility index (Phi) is 4.23. The number of ether oxygens (including phenoxy) is 1. The summed E-state index contributed by atoms with van der Waals surface area (Å²) in [5.74, 6) is -1.90. The summed E-state index contributed by atoms with van der Waals surface area (Å²) in [5.41, 5.74) is -0.179. The van der Waals surface area contributed by atoms with E-state index in [1.807, 2.05) is 5.32 Å². The molecule has 1 saturated heterocycles. The first-order chi connectivity index (χ1) is 12.4. The molecule has 1 aromatic carbocycles. The molecular formula is C16H11N3O7. The molecule has 0 spiro atoms. The van der Waals surface area contributed by atoms with Gasteiger partial charge in [-0.2, -0.15) is 0 Å². The highest BCUT2D eigenvalue weighted by molar-refractivity contribution is 6.39. The van der Waals surface area contributed by atoms with E-state index in [-0.39, 0.29) is 11.4 Å². The van der Waals surface area contributed by atoms with Crippen LogP contribution in [0.4, 0.5) is 16.4 Å². The number of nitrogens with one attached hydrogen (secondary N) is 1. The molecule has 0 atom stereocenters. The minimum Gasteiger partial charge on any atom is -0.497 e. The minimum absolute atomic E-state index is 0.0702. The van der Waals surface area contributed by atoms with Crippen molar-refractivity contribution in [2.75, 3.05) is 12.0 Å². The van der Waals surface area contributed by atoms with Crippen LogP contribution in [0.1, 0.15) is 5.76 Å². The number of rotatable bonds is 4. The molecular weight excluding hydrogens is 346 g/mol. The zero-order chi connectivity index (χ0) is 18.8. The van der Waals surface area contributed by atoms with E-state index < -0.39 is 34.2 Å². The molecule has 1 aliphatic heterocycles. The third kappa shape index (κ3) is 3.02. The molecule has 4 amide bonds. The van der Waals surface area contributed by atoms with E-state index in [0.29, 0.717) is 5.75 Å². The van der Waals surface area contributed by atoms with E-state index in [2.05, 4.69) is 0 Å². The van der Waals surface area contributed by atoms with Gasteiger partial charge in [0.05, 0.1) is 18.9 Å². The highest BCUT2D eigenvalue weighted by atomic mass is 16.6. The van der Waals surface area contributed by atoms with Gasteiger partial charge in [0.1, 0.15) is 22.0 Å². The van der Waals surface area contributed by atoms with Gasteiger partial charge in [-0.15, -0.1) is 0 Å². The van der Waals surface area contributed by atoms with Gasteiger partial charge in [-0.05, 0) is 36.4 Å². The number of carbonyl (C=O) groups excluding carboxylic acids is 3. The quantitative estimate of drug-likeness (QED) is 0.382. The maximum absolute atomic E-state index is 12.6. The molecule has 1 aliphatic rings. The summed E-state index contributed by atoms with van der Waals surface area (Å²) >= 11 is 0. The molecule has 10 heteroatoms. The van der Waals surface area contributed by atoms with Crippen LogP contribution >= 0.6 is 0 Å². The van der Waals surface area contributed by atoms with Crippen LogP contribution in [0.2, 0.25) is 0 Å². The van der Waals surface area contributed by atoms with Gasteiger partial charge in [0, 0.05) is 0 Å². The Morgan fingerprint density at radius 3 is 2.42 bits per heavy atom. The summed E-state index contributed by atoms with van der Waals surface area (Å²) in [4.78, 5) is 47.3. The number of anilines is 1. The van der Waals surface area contributed by atoms with E-state index in [4.69, 9.17) is 9.15 Å². The van der Waals surface area contributed by atoms with Crippen molar-refractivity contribution in [3.8, 4) is 5.75 Å². The Balaban J connectivity index is 1.96. The lowest BCUT2D eigenvalue weighted by molar-refractivity contribution is -0.402. The Morgan fingerprint density at radius 1 is 1.15 bits per heavy atom. The summed E-state index contributed by atoms with van der Waals surface area (Å²) in [6.07, 6.45) is 1.04. The maximum Gasteiger partial charge on any atom is 0.433 e. The lowest BCUT2D eigenvalue weighted by atomic mass is 10.1. The van der Waals surface area contributed by atoms with Crippen molar-refractivity contribution in [1.29, 1.82) is 0 Å². The summed E-state index contributed by atoms with van der Waals surface area (Å²) in [5, 5.41) is 12.7. The molecule has 132 valence electrons. The Morgan fingerprint density at radius 2 is 1.85 bits per heavy atom. The number of carbonyl (C=O) groups is 3. The molecule has 2 aromatic rings. The molecule has 1 fully saturated rings. The fraction of sp³-hybridized carbons (Fsp3) is 0.0625. The number of amides is 4. The number of urea groups is 1. The van der Waals surface area contributed by atoms with Gasteiger partial charge in [-0.1, -0.05) is 0 Å². The molecule has 0 bridgehead atoms. The van der Waals surface area contributed by atoms with Crippen molar-refractivity contribution in [3.63, 3.8) is 0 Å². The predicted molar refractivity (Wildman–Crippen MR) is 87.4 cm³/mol. The second-order valence-electron chi connectivity index (χ2n) is 5.09. The van der Waals surface area contributed by atoms with Gasteiger partial charge in [0.25, 0.3) is 11.8 Å². The number of methoxy groups -OCH3 is 1. The van der Waals surface area contributed by atoms with Crippen LogP contribution in [0.15, 0.2) is 46.4 Å². The first-order valence-electron chi connectivity index (χ1n) is 7.20. The number of hydrogen-bond donors (Lipinski definition) is 1. The van der Waals surface area contributed by atoms with Crippen molar-refractivity contribution < 1.29 is 28.5 Å². The summed E-state index contributed by atoms with van der Waals surface area (Å²) < 4.78 is 9.93. The van der Waals surface area contributed by atoms with Crippen molar-refractivity contribution in [3.05, 3.63) is 57.8 Å². The minimum atomic E-state index is -0.927. The van der Waals surface area contributed by atoms with Gasteiger partial charge in [0.15, 0.2) is 0 Å². The molecule has 3 rings (SSSR count). The zero-order valence-corrected chi connectivity index (χ0v) is 13.3. The van der Waals surface area contributed by atoms with Gasteiger partial charge < -0.3 is 9.15 Å². The molecule has 1 N–H and O–H groups in total. The van der Waals surface area contributed by atoms with Crippen LogP contribution in [0.5, 0.6) is 5.75 Å². The van der Waals surface area contributed by atoms with Crippen LogP contribution in [0, 0.1) is 10.1 Å². The van der Waals surface area contributed by atoms with Crippen LogP contribution in [0.3, 0.4) is 0 Å². The van der Waals surface area contributed by atoms with Gasteiger partial charge in [0.2, 0.25) is 0 Å². The SMILES string of the molecule is COc1ccc(N2C(=O)NC(=O)/C(=C\c3ccc([N+](=O)[O-])o3)C2=O)cc1. The summed E-state index contributed by atoms with van der Waals surface area (Å²) in [7, 11) is 1.47. The molecule has 0 aliphatic carbocycles. The summed E-state index contributed by atoms with van der Waals surface area (Å²) in [6.45, 7) is 0. The van der Waals surface area contributed by atoms with Crippen molar-refractivity contribution >= 4 is 35.5 Å². The Hall–Kier alpha value is -3.95. The smallest absolute Gasteiger partial charge is 0.433 e. The summed E-state index contributed by atoms with van der Waals surface area (Å²) in [6, 6.07) is 7.46. The third-order valence-electron chi connectivity index (χ3n) is 3.51. The van der Waals surface area contributed by atoms with E-state index in [0.717, 1.165) is 17.0 Å². The van der Waals surface area contributed by atoms with E-state index in [1.165, 1.54) is 25.3 Å². The third-order valence-corrected chi connectivity index (χ3v) is 3.51. The van der Waals surface area contributed by atoms with Crippen LogP contribution in [0.25, 0.3) is 6.08 Å². The van der Waals surface area contributed by atoms with E-state index >= 15 is 0 Å². The van der Waals surface area contributed by atoms with E-state index in [1.54, 1.807) is 12.1 Å². The highest BCUT2D eigenvalue weighted by Gasteiger charge is 2.37. The molecule has 0 saturated carbocycles. The number of imide groups is 2. The van der Waals surface area contributed by atoms with Gasteiger partial charge >= 0.3 is 11.9 Å². The van der Waals surface area contributed by atoms with Crippen LogP contribution < -0.4 is 15.0 Å². The van der Waals surface area contributed by atoms with Gasteiger partial charge in [-0.3, -0.25) is 25.0 Å². The monoisotopic (exact) mass is 357 g/mol. The largest absolute Gasteiger partial charge is 0.497 e. The molecule has 2 heterocycles.